The summed E-state index contributed by atoms with van der Waals surface area (Å²) < 4.78 is 16.8. The first kappa shape index (κ1) is 14.0. The molecule has 0 N–H and O–H groups in total. The van der Waals surface area contributed by atoms with Gasteiger partial charge in [0.2, 0.25) is 0 Å². The van der Waals surface area contributed by atoms with Crippen molar-refractivity contribution >= 4 is 11.8 Å². The highest BCUT2D eigenvalue weighted by Crippen LogP contribution is 2.59. The molecule has 1 heterocycles. The maximum Gasteiger partial charge on any atom is 0.316 e. The third kappa shape index (κ3) is 1.76. The van der Waals surface area contributed by atoms with E-state index in [9.17, 15) is 9.59 Å². The number of esters is 1. The van der Waals surface area contributed by atoms with Gasteiger partial charge in [0, 0.05) is 18.3 Å². The van der Waals surface area contributed by atoms with E-state index in [1.165, 1.54) is 7.11 Å². The van der Waals surface area contributed by atoms with Crippen LogP contribution in [0.3, 0.4) is 0 Å². The summed E-state index contributed by atoms with van der Waals surface area (Å²) in [5.41, 5.74) is -0.283. The van der Waals surface area contributed by atoms with E-state index in [1.54, 1.807) is 0 Å². The van der Waals surface area contributed by atoms with E-state index in [0.717, 1.165) is 25.7 Å². The quantitative estimate of drug-likeness (QED) is 0.541. The van der Waals surface area contributed by atoms with Crippen molar-refractivity contribution in [3.63, 3.8) is 0 Å². The maximum absolute atomic E-state index is 12.2. The van der Waals surface area contributed by atoms with Crippen LogP contribution in [0.1, 0.15) is 39.0 Å². The SMILES string of the molecule is COC(=O)C1C(=O)CC[C@]2(C)[C@@H]1CCCC21OCCO1. The van der Waals surface area contributed by atoms with Crippen LogP contribution in [-0.2, 0) is 23.8 Å². The highest BCUT2D eigenvalue weighted by Gasteiger charge is 2.63. The van der Waals surface area contributed by atoms with Crippen LogP contribution in [0.5, 0.6) is 0 Å². The average molecular weight is 282 g/mol. The standard InChI is InChI=1S/C15H22O5/c1-14-7-5-11(16)12(13(17)18-2)10(14)4-3-6-15(14)19-8-9-20-15/h10,12H,3-9H2,1-2H3/t10-,12?,14-/m1/s1. The monoisotopic (exact) mass is 282 g/mol. The average Bonchev–Trinajstić information content (AvgIpc) is 2.91. The molecule has 1 saturated heterocycles. The van der Waals surface area contributed by atoms with Crippen molar-refractivity contribution in [2.24, 2.45) is 17.3 Å². The van der Waals surface area contributed by atoms with Crippen molar-refractivity contribution in [2.45, 2.75) is 44.8 Å². The third-order valence-corrected chi connectivity index (χ3v) is 5.56. The van der Waals surface area contributed by atoms with E-state index in [4.69, 9.17) is 14.2 Å². The zero-order valence-electron chi connectivity index (χ0n) is 12.1. The van der Waals surface area contributed by atoms with Gasteiger partial charge in [0.1, 0.15) is 11.7 Å². The van der Waals surface area contributed by atoms with Gasteiger partial charge in [-0.3, -0.25) is 9.59 Å². The molecule has 20 heavy (non-hydrogen) atoms. The molecule has 3 atom stereocenters. The van der Waals surface area contributed by atoms with Gasteiger partial charge in [-0.15, -0.1) is 0 Å². The third-order valence-electron chi connectivity index (χ3n) is 5.56. The Labute approximate surface area is 118 Å². The summed E-state index contributed by atoms with van der Waals surface area (Å²) in [6.45, 7) is 3.31. The first-order valence-corrected chi connectivity index (χ1v) is 7.42. The van der Waals surface area contributed by atoms with Crippen LogP contribution >= 0.6 is 0 Å². The van der Waals surface area contributed by atoms with Crippen molar-refractivity contribution in [3.05, 3.63) is 0 Å². The van der Waals surface area contributed by atoms with Crippen LogP contribution < -0.4 is 0 Å². The Balaban J connectivity index is 1.98. The zero-order valence-corrected chi connectivity index (χ0v) is 12.1. The Morgan fingerprint density at radius 1 is 1.30 bits per heavy atom. The van der Waals surface area contributed by atoms with E-state index < -0.39 is 17.7 Å². The van der Waals surface area contributed by atoms with Crippen LogP contribution in [0.25, 0.3) is 0 Å². The minimum absolute atomic E-state index is 0.00868. The Kier molecular flexibility index (Phi) is 3.37. The van der Waals surface area contributed by atoms with E-state index in [2.05, 4.69) is 6.92 Å². The number of ketones is 1. The number of fused-ring (bicyclic) bond motifs is 2. The molecule has 1 spiro atoms. The molecule has 0 radical (unpaired) electrons. The summed E-state index contributed by atoms with van der Waals surface area (Å²) in [4.78, 5) is 24.3. The molecule has 2 saturated carbocycles. The number of carbonyl (C=O) groups excluding carboxylic acids is 2. The number of rotatable bonds is 1. The Morgan fingerprint density at radius 3 is 2.65 bits per heavy atom. The fraction of sp³-hybridized carbons (Fsp3) is 0.867. The molecule has 0 bridgehead atoms. The fourth-order valence-corrected chi connectivity index (χ4v) is 4.47. The van der Waals surface area contributed by atoms with Crippen molar-refractivity contribution < 1.29 is 23.8 Å². The van der Waals surface area contributed by atoms with Gasteiger partial charge in [-0.2, -0.15) is 0 Å². The summed E-state index contributed by atoms with van der Waals surface area (Å²) in [6.07, 6.45) is 3.75. The Hall–Kier alpha value is -0.940. The molecule has 0 aromatic rings. The lowest BCUT2D eigenvalue weighted by Crippen LogP contribution is -2.60. The van der Waals surface area contributed by atoms with Crippen molar-refractivity contribution in [2.75, 3.05) is 20.3 Å². The lowest BCUT2D eigenvalue weighted by molar-refractivity contribution is -0.278. The molecule has 3 fully saturated rings. The molecule has 5 heteroatoms. The number of methoxy groups -OCH3 is 1. The lowest BCUT2D eigenvalue weighted by atomic mass is 9.53. The summed E-state index contributed by atoms with van der Waals surface area (Å²) in [5.74, 6) is -1.69. The highest BCUT2D eigenvalue weighted by molar-refractivity contribution is 6.00. The number of hydrogen-bond acceptors (Lipinski definition) is 5. The molecule has 0 amide bonds. The normalized spacial score (nSPS) is 39.6. The van der Waals surface area contributed by atoms with Gasteiger partial charge >= 0.3 is 5.97 Å². The van der Waals surface area contributed by atoms with Crippen LogP contribution in [0.2, 0.25) is 0 Å². The molecule has 5 nitrogen and oxygen atoms in total. The molecule has 3 aliphatic rings. The van der Waals surface area contributed by atoms with Gasteiger partial charge in [0.05, 0.1) is 20.3 Å². The Bertz CT molecular complexity index is 418. The summed E-state index contributed by atoms with van der Waals surface area (Å²) in [5, 5.41) is 0. The topological polar surface area (TPSA) is 61.8 Å². The second-order valence-corrected chi connectivity index (χ2v) is 6.33. The predicted molar refractivity (Wildman–Crippen MR) is 69.8 cm³/mol. The molecule has 2 aliphatic carbocycles. The highest BCUT2D eigenvalue weighted by atomic mass is 16.7. The van der Waals surface area contributed by atoms with Crippen molar-refractivity contribution in [1.29, 1.82) is 0 Å². The van der Waals surface area contributed by atoms with Gasteiger partial charge in [-0.25, -0.2) is 0 Å². The van der Waals surface area contributed by atoms with Crippen molar-refractivity contribution in [3.8, 4) is 0 Å². The van der Waals surface area contributed by atoms with E-state index in [0.29, 0.717) is 19.6 Å². The van der Waals surface area contributed by atoms with Gasteiger partial charge in [0.25, 0.3) is 0 Å². The lowest BCUT2D eigenvalue weighted by Gasteiger charge is -2.56. The zero-order chi connectivity index (χ0) is 14.4. The molecule has 1 aliphatic heterocycles. The number of Topliss-reactive ketones (excluding diaryl/α,β-unsaturated/α-hetero) is 1. The molecule has 3 rings (SSSR count). The van der Waals surface area contributed by atoms with Crippen molar-refractivity contribution in [1.82, 2.24) is 0 Å². The van der Waals surface area contributed by atoms with Crippen LogP contribution in [0.15, 0.2) is 0 Å². The molecular formula is C15H22O5. The summed E-state index contributed by atoms with van der Waals surface area (Å²) >= 11 is 0. The predicted octanol–water partition coefficient (Wildman–Crippen LogP) is 1.69. The van der Waals surface area contributed by atoms with Gasteiger partial charge in [-0.1, -0.05) is 6.92 Å². The van der Waals surface area contributed by atoms with Gasteiger partial charge in [-0.05, 0) is 25.2 Å². The number of carbonyl (C=O) groups is 2. The second kappa shape index (κ2) is 4.81. The molecule has 1 unspecified atom stereocenters. The minimum Gasteiger partial charge on any atom is -0.468 e. The summed E-state index contributed by atoms with van der Waals surface area (Å²) in [7, 11) is 1.35. The molecule has 0 aromatic heterocycles. The molecular weight excluding hydrogens is 260 g/mol. The molecule has 112 valence electrons. The first-order valence-electron chi connectivity index (χ1n) is 7.42. The van der Waals surface area contributed by atoms with E-state index in [-0.39, 0.29) is 17.1 Å². The van der Waals surface area contributed by atoms with Gasteiger partial charge in [0.15, 0.2) is 5.79 Å². The smallest absolute Gasteiger partial charge is 0.316 e. The maximum atomic E-state index is 12.2. The minimum atomic E-state index is -0.649. The largest absolute Gasteiger partial charge is 0.468 e. The first-order chi connectivity index (χ1) is 9.54. The fourth-order valence-electron chi connectivity index (χ4n) is 4.47. The number of ether oxygens (including phenoxy) is 3. The van der Waals surface area contributed by atoms with E-state index >= 15 is 0 Å². The second-order valence-electron chi connectivity index (χ2n) is 6.33. The van der Waals surface area contributed by atoms with Crippen LogP contribution in [0.4, 0.5) is 0 Å². The number of hydrogen-bond donors (Lipinski definition) is 0. The Morgan fingerprint density at radius 2 is 2.00 bits per heavy atom. The molecule has 0 aromatic carbocycles. The van der Waals surface area contributed by atoms with E-state index in [1.807, 2.05) is 0 Å². The summed E-state index contributed by atoms with van der Waals surface area (Å²) in [6, 6.07) is 0. The van der Waals surface area contributed by atoms with Crippen LogP contribution in [0, 0.1) is 17.3 Å². The van der Waals surface area contributed by atoms with Gasteiger partial charge < -0.3 is 14.2 Å². The van der Waals surface area contributed by atoms with Crippen LogP contribution in [-0.4, -0.2) is 37.9 Å².